The van der Waals surface area contributed by atoms with E-state index in [0.717, 1.165) is 25.2 Å². The fourth-order valence-electron chi connectivity index (χ4n) is 3.93. The van der Waals surface area contributed by atoms with Gasteiger partial charge in [-0.25, -0.2) is 8.42 Å². The first kappa shape index (κ1) is 22.5. The molecular weight excluding hydrogens is 400 g/mol. The topological polar surface area (TPSA) is 74.7 Å². The lowest BCUT2D eigenvalue weighted by Gasteiger charge is -2.26. The fraction of sp³-hybridized carbons (Fsp3) is 0.500. The van der Waals surface area contributed by atoms with E-state index in [0.29, 0.717) is 24.5 Å². The molecule has 2 heterocycles. The molecule has 3 rings (SSSR count). The number of hydrogen-bond donors (Lipinski definition) is 1. The van der Waals surface area contributed by atoms with Crippen molar-refractivity contribution in [2.45, 2.75) is 44.6 Å². The molecule has 2 aromatic rings. The van der Waals surface area contributed by atoms with Gasteiger partial charge in [-0.05, 0) is 49.7 Å². The van der Waals surface area contributed by atoms with Gasteiger partial charge in [-0.15, -0.1) is 0 Å². The second kappa shape index (κ2) is 9.76. The van der Waals surface area contributed by atoms with Crippen LogP contribution in [-0.4, -0.2) is 54.3 Å². The minimum absolute atomic E-state index is 0.137. The van der Waals surface area contributed by atoms with Crippen LogP contribution in [0, 0.1) is 0 Å². The molecule has 1 aromatic carbocycles. The third-order valence-corrected chi connectivity index (χ3v) is 7.61. The number of benzene rings is 1. The average Bonchev–Trinajstić information content (AvgIpc) is 3.12. The van der Waals surface area contributed by atoms with Crippen LogP contribution in [0.25, 0.3) is 0 Å². The van der Waals surface area contributed by atoms with E-state index < -0.39 is 10.0 Å². The summed E-state index contributed by atoms with van der Waals surface area (Å²) in [6, 6.07) is 9.30. The number of sulfonamides is 1. The van der Waals surface area contributed by atoms with Crippen LogP contribution in [0.3, 0.4) is 0 Å². The first-order valence-corrected chi connectivity index (χ1v) is 12.1. The highest BCUT2D eigenvalue weighted by atomic mass is 32.2. The zero-order valence-electron chi connectivity index (χ0n) is 18.1. The van der Waals surface area contributed by atoms with Crippen molar-refractivity contribution in [2.75, 3.05) is 31.5 Å². The van der Waals surface area contributed by atoms with Gasteiger partial charge in [-0.1, -0.05) is 32.4 Å². The van der Waals surface area contributed by atoms with E-state index in [1.165, 1.54) is 35.8 Å². The number of nitrogens with zero attached hydrogens (tertiary/aromatic N) is 3. The van der Waals surface area contributed by atoms with E-state index in [4.69, 9.17) is 0 Å². The molecule has 0 atom stereocenters. The fourth-order valence-corrected chi connectivity index (χ4v) is 5.46. The van der Waals surface area contributed by atoms with E-state index in [2.05, 4.69) is 16.3 Å². The van der Waals surface area contributed by atoms with Gasteiger partial charge in [-0.2, -0.15) is 4.31 Å². The standard InChI is InChI=1S/C22H32N4O3S/c1-4-26(5-2)30(28,29)20-15-21(24(3)17-20)22(27)23-19-11-9-10-18(14-19)16-25-12-7-6-8-13-25/h9-11,14-15,17H,4-8,12-13,16H2,1-3H3,(H,23,27). The zero-order valence-corrected chi connectivity index (χ0v) is 18.9. The Kier molecular flexibility index (Phi) is 7.33. The Balaban J connectivity index is 1.73. The molecule has 8 heteroatoms. The molecule has 0 radical (unpaired) electrons. The number of carbonyl (C=O) groups excluding carboxylic acids is 1. The van der Waals surface area contributed by atoms with Gasteiger partial charge in [0.2, 0.25) is 10.0 Å². The van der Waals surface area contributed by atoms with Crippen LogP contribution in [0.4, 0.5) is 5.69 Å². The number of rotatable bonds is 8. The zero-order chi connectivity index (χ0) is 21.7. The summed E-state index contributed by atoms with van der Waals surface area (Å²) in [7, 11) is -1.92. The monoisotopic (exact) mass is 432 g/mol. The van der Waals surface area contributed by atoms with Crippen molar-refractivity contribution >= 4 is 21.6 Å². The summed E-state index contributed by atoms with van der Waals surface area (Å²) in [5.41, 5.74) is 2.18. The lowest BCUT2D eigenvalue weighted by atomic mass is 10.1. The van der Waals surface area contributed by atoms with Crippen molar-refractivity contribution in [1.29, 1.82) is 0 Å². The van der Waals surface area contributed by atoms with Crippen LogP contribution >= 0.6 is 0 Å². The van der Waals surface area contributed by atoms with Gasteiger partial charge in [0.15, 0.2) is 0 Å². The van der Waals surface area contributed by atoms with Crippen molar-refractivity contribution in [3.05, 3.63) is 47.8 Å². The van der Waals surface area contributed by atoms with E-state index in [-0.39, 0.29) is 10.8 Å². The molecule has 0 unspecified atom stereocenters. The molecule has 1 aliphatic heterocycles. The van der Waals surface area contributed by atoms with Crippen LogP contribution in [0.15, 0.2) is 41.4 Å². The summed E-state index contributed by atoms with van der Waals surface area (Å²) < 4.78 is 28.4. The highest BCUT2D eigenvalue weighted by Gasteiger charge is 2.25. The molecule has 0 bridgehead atoms. The third kappa shape index (κ3) is 5.11. The quantitative estimate of drug-likeness (QED) is 0.695. The molecule has 30 heavy (non-hydrogen) atoms. The summed E-state index contributed by atoms with van der Waals surface area (Å²) in [6.07, 6.45) is 5.27. The highest BCUT2D eigenvalue weighted by Crippen LogP contribution is 2.20. The van der Waals surface area contributed by atoms with Gasteiger partial charge in [0.05, 0.1) is 0 Å². The minimum atomic E-state index is -3.61. The summed E-state index contributed by atoms with van der Waals surface area (Å²) >= 11 is 0. The molecule has 1 aromatic heterocycles. The molecule has 0 aliphatic carbocycles. The maximum Gasteiger partial charge on any atom is 0.272 e. The molecule has 1 aliphatic rings. The predicted molar refractivity (Wildman–Crippen MR) is 119 cm³/mol. The third-order valence-electron chi connectivity index (χ3n) is 5.60. The number of hydrogen-bond acceptors (Lipinski definition) is 4. The maximum absolute atomic E-state index is 12.8. The molecule has 164 valence electrons. The molecule has 0 spiro atoms. The maximum atomic E-state index is 12.8. The van der Waals surface area contributed by atoms with Crippen molar-refractivity contribution in [3.63, 3.8) is 0 Å². The van der Waals surface area contributed by atoms with Crippen molar-refractivity contribution in [1.82, 2.24) is 13.8 Å². The van der Waals surface area contributed by atoms with Gasteiger partial charge in [-0.3, -0.25) is 9.69 Å². The molecule has 1 amide bonds. The van der Waals surface area contributed by atoms with E-state index in [9.17, 15) is 13.2 Å². The molecule has 0 saturated carbocycles. The number of aryl methyl sites for hydroxylation is 1. The summed E-state index contributed by atoms with van der Waals surface area (Å²) in [4.78, 5) is 15.4. The Morgan fingerprint density at radius 1 is 1.10 bits per heavy atom. The highest BCUT2D eigenvalue weighted by molar-refractivity contribution is 7.89. The van der Waals surface area contributed by atoms with E-state index in [1.54, 1.807) is 25.5 Å². The number of amides is 1. The number of carbonyl (C=O) groups is 1. The smallest absolute Gasteiger partial charge is 0.272 e. The van der Waals surface area contributed by atoms with Gasteiger partial charge >= 0.3 is 0 Å². The summed E-state index contributed by atoms with van der Waals surface area (Å²) in [5, 5.41) is 2.91. The Bertz CT molecular complexity index is 974. The number of piperidine rings is 1. The van der Waals surface area contributed by atoms with E-state index >= 15 is 0 Å². The predicted octanol–water partition coefficient (Wildman–Crippen LogP) is 3.29. The molecule has 1 saturated heterocycles. The van der Waals surface area contributed by atoms with Crippen molar-refractivity contribution in [3.8, 4) is 0 Å². The lowest BCUT2D eigenvalue weighted by molar-refractivity contribution is 0.101. The van der Waals surface area contributed by atoms with Crippen molar-refractivity contribution in [2.24, 2.45) is 7.05 Å². The van der Waals surface area contributed by atoms with Crippen LogP contribution in [-0.2, 0) is 23.6 Å². The Morgan fingerprint density at radius 2 is 1.80 bits per heavy atom. The number of likely N-dealkylation sites (tertiary alicyclic amines) is 1. The number of nitrogens with one attached hydrogen (secondary N) is 1. The Hall–Kier alpha value is -2.16. The molecule has 1 fully saturated rings. The number of anilines is 1. The Labute approximate surface area is 179 Å². The molecule has 1 N–H and O–H groups in total. The summed E-state index contributed by atoms with van der Waals surface area (Å²) in [5.74, 6) is -0.325. The van der Waals surface area contributed by atoms with Gasteiger partial charge in [0.25, 0.3) is 5.91 Å². The lowest BCUT2D eigenvalue weighted by Crippen LogP contribution is -2.30. The second-order valence-corrected chi connectivity index (χ2v) is 9.69. The SMILES string of the molecule is CCN(CC)S(=O)(=O)c1cc(C(=O)Nc2cccc(CN3CCCCC3)c2)n(C)c1. The van der Waals surface area contributed by atoms with Crippen molar-refractivity contribution < 1.29 is 13.2 Å². The summed E-state index contributed by atoms with van der Waals surface area (Å²) in [6.45, 7) is 7.48. The first-order valence-electron chi connectivity index (χ1n) is 10.6. The van der Waals surface area contributed by atoms with Crippen LogP contribution in [0.1, 0.15) is 49.2 Å². The first-order chi connectivity index (χ1) is 14.3. The average molecular weight is 433 g/mol. The molecular formula is C22H32N4O3S. The van der Waals surface area contributed by atoms with E-state index in [1.807, 2.05) is 18.2 Å². The van der Waals surface area contributed by atoms with Gasteiger partial charge in [0, 0.05) is 38.6 Å². The largest absolute Gasteiger partial charge is 0.345 e. The molecule has 7 nitrogen and oxygen atoms in total. The number of aromatic nitrogens is 1. The van der Waals surface area contributed by atoms with Gasteiger partial charge in [0.1, 0.15) is 10.6 Å². The van der Waals surface area contributed by atoms with Gasteiger partial charge < -0.3 is 9.88 Å². The second-order valence-electron chi connectivity index (χ2n) is 7.75. The normalized spacial score (nSPS) is 15.5. The minimum Gasteiger partial charge on any atom is -0.345 e. The van der Waals surface area contributed by atoms with Crippen LogP contribution in [0.5, 0.6) is 0 Å². The Morgan fingerprint density at radius 3 is 2.47 bits per heavy atom. The van der Waals surface area contributed by atoms with Crippen LogP contribution in [0.2, 0.25) is 0 Å². The van der Waals surface area contributed by atoms with Crippen LogP contribution < -0.4 is 5.32 Å².